The molecule has 0 radical (unpaired) electrons. The molecular formula is C12H16FNO. The van der Waals surface area contributed by atoms with Gasteiger partial charge in [0.2, 0.25) is 0 Å². The van der Waals surface area contributed by atoms with Crippen molar-refractivity contribution in [3.8, 4) is 5.75 Å². The molecule has 2 nitrogen and oxygen atoms in total. The van der Waals surface area contributed by atoms with Crippen molar-refractivity contribution in [1.82, 2.24) is 4.90 Å². The van der Waals surface area contributed by atoms with Crippen molar-refractivity contribution in [2.75, 3.05) is 20.3 Å². The molecule has 1 aromatic carbocycles. The standard InChI is InChI=1S/C12H16FNO/c1-14-7-6-10(8-13)12(14)9-2-4-11(15)5-3-9/h2-5,10,12,15H,6-8H2,1H3. The number of nitrogens with zero attached hydrogens (tertiary/aromatic N) is 1. The molecule has 1 N–H and O–H groups in total. The molecule has 2 unspecified atom stereocenters. The highest BCUT2D eigenvalue weighted by molar-refractivity contribution is 5.29. The molecule has 2 atom stereocenters. The monoisotopic (exact) mass is 209 g/mol. The van der Waals surface area contributed by atoms with Gasteiger partial charge in [-0.25, -0.2) is 0 Å². The molecule has 1 heterocycles. The fraction of sp³-hybridized carbons (Fsp3) is 0.500. The van der Waals surface area contributed by atoms with Gasteiger partial charge in [-0.3, -0.25) is 9.29 Å². The molecule has 2 rings (SSSR count). The number of alkyl halides is 1. The second kappa shape index (κ2) is 4.19. The van der Waals surface area contributed by atoms with Crippen LogP contribution >= 0.6 is 0 Å². The number of halogens is 1. The number of aromatic hydroxyl groups is 1. The fourth-order valence-corrected chi connectivity index (χ4v) is 2.39. The van der Waals surface area contributed by atoms with Crippen molar-refractivity contribution in [3.05, 3.63) is 29.8 Å². The van der Waals surface area contributed by atoms with Crippen LogP contribution in [-0.4, -0.2) is 30.3 Å². The number of hydrogen-bond acceptors (Lipinski definition) is 2. The summed E-state index contributed by atoms with van der Waals surface area (Å²) in [7, 11) is 2.02. The maximum atomic E-state index is 12.8. The highest BCUT2D eigenvalue weighted by Crippen LogP contribution is 2.36. The Labute approximate surface area is 89.3 Å². The van der Waals surface area contributed by atoms with Gasteiger partial charge in [0.25, 0.3) is 0 Å². The van der Waals surface area contributed by atoms with E-state index in [9.17, 15) is 9.50 Å². The van der Waals surface area contributed by atoms with Crippen LogP contribution in [0, 0.1) is 5.92 Å². The number of phenols is 1. The van der Waals surface area contributed by atoms with Crippen LogP contribution in [0.2, 0.25) is 0 Å². The molecule has 0 aliphatic carbocycles. The Bertz CT molecular complexity index is 325. The molecule has 1 aliphatic rings. The topological polar surface area (TPSA) is 23.5 Å². The van der Waals surface area contributed by atoms with Gasteiger partial charge in [0, 0.05) is 12.0 Å². The summed E-state index contributed by atoms with van der Waals surface area (Å²) in [6.45, 7) is 0.677. The predicted octanol–water partition coefficient (Wildman–Crippen LogP) is 2.35. The number of phenolic OH excluding ortho intramolecular Hbond substituents is 1. The minimum absolute atomic E-state index is 0.0968. The number of benzene rings is 1. The van der Waals surface area contributed by atoms with Gasteiger partial charge in [0.05, 0.1) is 6.67 Å². The summed E-state index contributed by atoms with van der Waals surface area (Å²) in [5, 5.41) is 9.20. The fourth-order valence-electron chi connectivity index (χ4n) is 2.39. The average molecular weight is 209 g/mol. The summed E-state index contributed by atoms with van der Waals surface area (Å²) < 4.78 is 12.8. The SMILES string of the molecule is CN1CCC(CF)C1c1ccc(O)cc1. The third-order valence-corrected chi connectivity index (χ3v) is 3.21. The lowest BCUT2D eigenvalue weighted by Gasteiger charge is -2.23. The van der Waals surface area contributed by atoms with Crippen LogP contribution in [0.1, 0.15) is 18.0 Å². The van der Waals surface area contributed by atoms with Crippen LogP contribution < -0.4 is 0 Å². The minimum Gasteiger partial charge on any atom is -0.508 e. The van der Waals surface area contributed by atoms with E-state index in [-0.39, 0.29) is 24.4 Å². The first-order valence-corrected chi connectivity index (χ1v) is 5.27. The Kier molecular flexibility index (Phi) is 2.91. The molecule has 1 saturated heterocycles. The van der Waals surface area contributed by atoms with Crippen LogP contribution in [-0.2, 0) is 0 Å². The molecule has 15 heavy (non-hydrogen) atoms. The largest absolute Gasteiger partial charge is 0.508 e. The third kappa shape index (κ3) is 1.97. The smallest absolute Gasteiger partial charge is 0.115 e. The number of rotatable bonds is 2. The van der Waals surface area contributed by atoms with E-state index in [4.69, 9.17) is 0 Å². The van der Waals surface area contributed by atoms with E-state index in [1.54, 1.807) is 12.1 Å². The van der Waals surface area contributed by atoms with Crippen LogP contribution in [0.25, 0.3) is 0 Å². The summed E-state index contributed by atoms with van der Waals surface area (Å²) in [4.78, 5) is 2.18. The molecule has 0 saturated carbocycles. The van der Waals surface area contributed by atoms with Crippen molar-refractivity contribution in [2.45, 2.75) is 12.5 Å². The second-order valence-corrected chi connectivity index (χ2v) is 4.22. The normalized spacial score (nSPS) is 27.1. The average Bonchev–Trinajstić information content (AvgIpc) is 2.61. The maximum Gasteiger partial charge on any atom is 0.115 e. The van der Waals surface area contributed by atoms with Crippen molar-refractivity contribution in [3.63, 3.8) is 0 Å². The third-order valence-electron chi connectivity index (χ3n) is 3.21. The maximum absolute atomic E-state index is 12.8. The Morgan fingerprint density at radius 2 is 2.07 bits per heavy atom. The van der Waals surface area contributed by atoms with Crippen LogP contribution in [0.4, 0.5) is 4.39 Å². The van der Waals surface area contributed by atoms with Gasteiger partial charge in [0.1, 0.15) is 5.75 Å². The van der Waals surface area contributed by atoms with E-state index < -0.39 is 0 Å². The minimum atomic E-state index is -0.268. The van der Waals surface area contributed by atoms with Crippen LogP contribution in [0.3, 0.4) is 0 Å². The van der Waals surface area contributed by atoms with Crippen LogP contribution in [0.5, 0.6) is 5.75 Å². The van der Waals surface area contributed by atoms with E-state index in [1.807, 2.05) is 19.2 Å². The van der Waals surface area contributed by atoms with E-state index in [2.05, 4.69) is 4.90 Å². The van der Waals surface area contributed by atoms with Gasteiger partial charge in [-0.1, -0.05) is 12.1 Å². The lowest BCUT2D eigenvalue weighted by atomic mass is 9.95. The summed E-state index contributed by atoms with van der Waals surface area (Å²) in [6, 6.07) is 7.25. The Balaban J connectivity index is 2.24. The molecule has 0 amide bonds. The van der Waals surface area contributed by atoms with Gasteiger partial charge < -0.3 is 5.11 Å². The molecule has 0 spiro atoms. The van der Waals surface area contributed by atoms with Gasteiger partial charge in [-0.15, -0.1) is 0 Å². The Morgan fingerprint density at radius 3 is 2.67 bits per heavy atom. The first-order chi connectivity index (χ1) is 7.22. The Hall–Kier alpha value is -1.09. The summed E-state index contributed by atoms with van der Waals surface area (Å²) >= 11 is 0. The van der Waals surface area contributed by atoms with E-state index in [1.165, 1.54) is 0 Å². The lowest BCUT2D eigenvalue weighted by molar-refractivity contribution is 0.245. The molecule has 0 aromatic heterocycles. The summed E-state index contributed by atoms with van der Waals surface area (Å²) in [5.74, 6) is 0.357. The quantitative estimate of drug-likeness (QED) is 0.808. The molecule has 82 valence electrons. The van der Waals surface area contributed by atoms with Crippen LogP contribution in [0.15, 0.2) is 24.3 Å². The zero-order valence-electron chi connectivity index (χ0n) is 8.86. The zero-order chi connectivity index (χ0) is 10.8. The zero-order valence-corrected chi connectivity index (χ0v) is 8.86. The molecule has 0 bridgehead atoms. The van der Waals surface area contributed by atoms with Crippen molar-refractivity contribution < 1.29 is 9.50 Å². The van der Waals surface area contributed by atoms with Crippen molar-refractivity contribution >= 4 is 0 Å². The summed E-state index contributed by atoms with van der Waals surface area (Å²) in [6.07, 6.45) is 0.915. The van der Waals surface area contributed by atoms with Crippen molar-refractivity contribution in [1.29, 1.82) is 0 Å². The first-order valence-electron chi connectivity index (χ1n) is 5.27. The Morgan fingerprint density at radius 1 is 1.40 bits per heavy atom. The second-order valence-electron chi connectivity index (χ2n) is 4.22. The number of hydrogen-bond donors (Lipinski definition) is 1. The van der Waals surface area contributed by atoms with Crippen molar-refractivity contribution in [2.24, 2.45) is 5.92 Å². The van der Waals surface area contributed by atoms with Gasteiger partial charge in [-0.05, 0) is 37.7 Å². The lowest BCUT2D eigenvalue weighted by Crippen LogP contribution is -2.21. The predicted molar refractivity (Wildman–Crippen MR) is 57.6 cm³/mol. The van der Waals surface area contributed by atoms with Gasteiger partial charge in [-0.2, -0.15) is 0 Å². The number of likely N-dealkylation sites (tertiary alicyclic amines) is 1. The molecule has 3 heteroatoms. The van der Waals surface area contributed by atoms with E-state index in [0.29, 0.717) is 0 Å². The molecular weight excluding hydrogens is 193 g/mol. The highest BCUT2D eigenvalue weighted by atomic mass is 19.1. The summed E-state index contributed by atoms with van der Waals surface area (Å²) in [5.41, 5.74) is 1.09. The first kappa shape index (κ1) is 10.4. The van der Waals surface area contributed by atoms with E-state index >= 15 is 0 Å². The van der Waals surface area contributed by atoms with Gasteiger partial charge in [0.15, 0.2) is 0 Å². The highest BCUT2D eigenvalue weighted by Gasteiger charge is 2.32. The molecule has 1 aromatic rings. The molecule has 1 fully saturated rings. The molecule has 1 aliphatic heterocycles. The van der Waals surface area contributed by atoms with E-state index in [0.717, 1.165) is 18.5 Å². The van der Waals surface area contributed by atoms with Gasteiger partial charge >= 0.3 is 0 Å².